The standard InChI is InChI=1S/C11H13N3O5/c15-9(7-2-3-8(13-7)14(18)19)12-6-11(10(16)17)4-1-5-11/h2-3,13H,1,4-6H2,(H,12,15)(H,16,17). The molecule has 1 aromatic rings. The SMILES string of the molecule is O=C(NCC1(C(=O)O)CCC1)c1ccc([N+](=O)[O-])[nH]1. The number of aromatic nitrogens is 1. The molecular formula is C11H13N3O5. The van der Waals surface area contributed by atoms with Gasteiger partial charge in [0.15, 0.2) is 5.69 Å². The van der Waals surface area contributed by atoms with Crippen LogP contribution < -0.4 is 5.32 Å². The third kappa shape index (κ3) is 2.42. The number of H-pyrrole nitrogens is 1. The van der Waals surface area contributed by atoms with Gasteiger partial charge in [0.2, 0.25) is 0 Å². The van der Waals surface area contributed by atoms with E-state index in [2.05, 4.69) is 10.3 Å². The third-order valence-corrected chi connectivity index (χ3v) is 3.46. The van der Waals surface area contributed by atoms with Crippen LogP contribution in [0.15, 0.2) is 12.1 Å². The number of nitrogens with one attached hydrogen (secondary N) is 2. The lowest BCUT2D eigenvalue weighted by Gasteiger charge is -2.37. The average Bonchev–Trinajstić information content (AvgIpc) is 2.75. The summed E-state index contributed by atoms with van der Waals surface area (Å²) in [6, 6.07) is 2.48. The fourth-order valence-corrected chi connectivity index (χ4v) is 2.04. The Hall–Kier alpha value is -2.38. The smallest absolute Gasteiger partial charge is 0.321 e. The summed E-state index contributed by atoms with van der Waals surface area (Å²) < 4.78 is 0. The molecule has 0 unspecified atom stereocenters. The fourth-order valence-electron chi connectivity index (χ4n) is 2.04. The van der Waals surface area contributed by atoms with Crippen molar-refractivity contribution >= 4 is 17.7 Å². The van der Waals surface area contributed by atoms with E-state index in [9.17, 15) is 19.7 Å². The van der Waals surface area contributed by atoms with E-state index in [-0.39, 0.29) is 18.1 Å². The van der Waals surface area contributed by atoms with E-state index in [0.717, 1.165) is 6.42 Å². The summed E-state index contributed by atoms with van der Waals surface area (Å²) in [4.78, 5) is 35.0. The van der Waals surface area contributed by atoms with E-state index in [1.54, 1.807) is 0 Å². The zero-order valence-corrected chi connectivity index (χ0v) is 10.0. The molecule has 19 heavy (non-hydrogen) atoms. The van der Waals surface area contributed by atoms with Gasteiger partial charge in [0, 0.05) is 12.6 Å². The summed E-state index contributed by atoms with van der Waals surface area (Å²) in [6.45, 7) is 0.0357. The van der Waals surface area contributed by atoms with E-state index in [1.165, 1.54) is 12.1 Å². The largest absolute Gasteiger partial charge is 0.481 e. The summed E-state index contributed by atoms with van der Waals surface area (Å²) in [5.74, 6) is -1.74. The topological polar surface area (TPSA) is 125 Å². The maximum Gasteiger partial charge on any atom is 0.321 e. The van der Waals surface area contributed by atoms with Gasteiger partial charge in [0.25, 0.3) is 5.91 Å². The number of rotatable bonds is 5. The average molecular weight is 267 g/mol. The number of carboxylic acid groups (broad SMARTS) is 1. The Balaban J connectivity index is 1.97. The molecule has 1 amide bonds. The summed E-state index contributed by atoms with van der Waals surface area (Å²) in [5.41, 5.74) is -0.833. The molecule has 0 atom stereocenters. The van der Waals surface area contributed by atoms with Crippen LogP contribution in [0.25, 0.3) is 0 Å². The number of aromatic amines is 1. The molecule has 102 valence electrons. The Morgan fingerprint density at radius 2 is 2.16 bits per heavy atom. The number of carboxylic acids is 1. The minimum Gasteiger partial charge on any atom is -0.481 e. The summed E-state index contributed by atoms with van der Waals surface area (Å²) >= 11 is 0. The zero-order valence-electron chi connectivity index (χ0n) is 10.0. The minimum atomic E-state index is -0.920. The van der Waals surface area contributed by atoms with Crippen molar-refractivity contribution in [2.75, 3.05) is 6.54 Å². The lowest BCUT2D eigenvalue weighted by molar-refractivity contribution is -0.389. The monoisotopic (exact) mass is 267 g/mol. The lowest BCUT2D eigenvalue weighted by Crippen LogP contribution is -2.47. The van der Waals surface area contributed by atoms with Gasteiger partial charge in [0.1, 0.15) is 0 Å². The normalized spacial score (nSPS) is 16.4. The molecular weight excluding hydrogens is 254 g/mol. The number of aliphatic carboxylic acids is 1. The first kappa shape index (κ1) is 13.1. The molecule has 1 fully saturated rings. The number of hydrogen-bond donors (Lipinski definition) is 3. The highest BCUT2D eigenvalue weighted by atomic mass is 16.6. The molecule has 1 aromatic heterocycles. The molecule has 0 aliphatic heterocycles. The minimum absolute atomic E-state index is 0.0357. The van der Waals surface area contributed by atoms with Crippen molar-refractivity contribution in [2.45, 2.75) is 19.3 Å². The summed E-state index contributed by atoms with van der Waals surface area (Å²) in [7, 11) is 0. The van der Waals surface area contributed by atoms with E-state index >= 15 is 0 Å². The van der Waals surface area contributed by atoms with Crippen molar-refractivity contribution in [1.82, 2.24) is 10.3 Å². The number of hydrogen-bond acceptors (Lipinski definition) is 4. The first-order chi connectivity index (χ1) is 8.94. The molecule has 1 aliphatic carbocycles. The summed E-state index contributed by atoms with van der Waals surface area (Å²) in [5, 5.41) is 22.1. The second kappa shape index (κ2) is 4.71. The van der Waals surface area contributed by atoms with Crippen LogP contribution >= 0.6 is 0 Å². The van der Waals surface area contributed by atoms with Gasteiger partial charge in [-0.05, 0) is 23.8 Å². The van der Waals surface area contributed by atoms with Crippen molar-refractivity contribution in [3.63, 3.8) is 0 Å². The molecule has 8 heteroatoms. The van der Waals surface area contributed by atoms with E-state index < -0.39 is 22.2 Å². The molecule has 0 bridgehead atoms. The summed E-state index contributed by atoms with van der Waals surface area (Å²) in [6.07, 6.45) is 1.90. The van der Waals surface area contributed by atoms with E-state index in [0.29, 0.717) is 12.8 Å². The first-order valence-corrected chi connectivity index (χ1v) is 5.80. The van der Waals surface area contributed by atoms with Crippen molar-refractivity contribution in [3.05, 3.63) is 27.9 Å². The highest BCUT2D eigenvalue weighted by Crippen LogP contribution is 2.40. The fraction of sp³-hybridized carbons (Fsp3) is 0.455. The molecule has 3 N–H and O–H groups in total. The van der Waals surface area contributed by atoms with Crippen LogP contribution in [-0.4, -0.2) is 33.4 Å². The number of nitro groups is 1. The van der Waals surface area contributed by atoms with Crippen LogP contribution in [0.4, 0.5) is 5.82 Å². The van der Waals surface area contributed by atoms with Gasteiger partial charge in [-0.1, -0.05) is 6.42 Å². The van der Waals surface area contributed by atoms with Crippen LogP contribution in [-0.2, 0) is 4.79 Å². The van der Waals surface area contributed by atoms with Crippen LogP contribution in [0.5, 0.6) is 0 Å². The highest BCUT2D eigenvalue weighted by Gasteiger charge is 2.44. The van der Waals surface area contributed by atoms with Gasteiger partial charge < -0.3 is 20.5 Å². The zero-order chi connectivity index (χ0) is 14.0. The van der Waals surface area contributed by atoms with Crippen molar-refractivity contribution in [2.24, 2.45) is 5.41 Å². The van der Waals surface area contributed by atoms with Crippen LogP contribution in [0.2, 0.25) is 0 Å². The van der Waals surface area contributed by atoms with Crippen molar-refractivity contribution in [1.29, 1.82) is 0 Å². The van der Waals surface area contributed by atoms with Crippen LogP contribution in [0.1, 0.15) is 29.8 Å². The first-order valence-electron chi connectivity index (χ1n) is 5.80. The Morgan fingerprint density at radius 3 is 2.58 bits per heavy atom. The molecule has 0 aromatic carbocycles. The van der Waals surface area contributed by atoms with Gasteiger partial charge in [0.05, 0.1) is 5.41 Å². The van der Waals surface area contributed by atoms with Gasteiger partial charge in [-0.2, -0.15) is 0 Å². The second-order valence-corrected chi connectivity index (χ2v) is 4.64. The lowest BCUT2D eigenvalue weighted by atomic mass is 9.69. The Kier molecular flexibility index (Phi) is 3.24. The predicted octanol–water partition coefficient (Wildman–Crippen LogP) is 0.908. The quantitative estimate of drug-likeness (QED) is 0.540. The number of carbonyl (C=O) groups is 2. The van der Waals surface area contributed by atoms with Gasteiger partial charge in [-0.25, -0.2) is 4.98 Å². The molecule has 8 nitrogen and oxygen atoms in total. The molecule has 0 saturated heterocycles. The molecule has 1 aliphatic rings. The second-order valence-electron chi connectivity index (χ2n) is 4.64. The highest BCUT2D eigenvalue weighted by molar-refractivity contribution is 5.93. The predicted molar refractivity (Wildman–Crippen MR) is 63.7 cm³/mol. The number of amides is 1. The molecule has 2 rings (SSSR count). The third-order valence-electron chi connectivity index (χ3n) is 3.46. The van der Waals surface area contributed by atoms with Gasteiger partial charge in [-0.15, -0.1) is 0 Å². The number of carbonyl (C=O) groups excluding carboxylic acids is 1. The molecule has 1 saturated carbocycles. The Morgan fingerprint density at radius 1 is 1.47 bits per heavy atom. The van der Waals surface area contributed by atoms with Crippen molar-refractivity contribution < 1.29 is 19.6 Å². The maximum atomic E-state index is 11.7. The number of nitrogens with zero attached hydrogens (tertiary/aromatic N) is 1. The van der Waals surface area contributed by atoms with Crippen LogP contribution in [0.3, 0.4) is 0 Å². The maximum absolute atomic E-state index is 11.7. The van der Waals surface area contributed by atoms with Crippen LogP contribution in [0, 0.1) is 15.5 Å². The molecule has 1 heterocycles. The van der Waals surface area contributed by atoms with Gasteiger partial charge in [-0.3, -0.25) is 9.59 Å². The van der Waals surface area contributed by atoms with Crippen molar-refractivity contribution in [3.8, 4) is 0 Å². The van der Waals surface area contributed by atoms with E-state index in [1.807, 2.05) is 0 Å². The molecule has 0 spiro atoms. The van der Waals surface area contributed by atoms with E-state index in [4.69, 9.17) is 5.11 Å². The molecule has 0 radical (unpaired) electrons. The Labute approximate surface area is 108 Å². The van der Waals surface area contributed by atoms with Gasteiger partial charge >= 0.3 is 11.8 Å². The Bertz CT molecular complexity index is 532.